The Balaban J connectivity index is 2.59. The lowest BCUT2D eigenvalue weighted by atomic mass is 10.1. The molecule has 0 spiro atoms. The third-order valence-corrected chi connectivity index (χ3v) is 2.52. The van der Waals surface area contributed by atoms with E-state index < -0.39 is 23.8 Å². The highest BCUT2D eigenvalue weighted by Crippen LogP contribution is 2.13. The molecule has 1 aromatic carbocycles. The Hall–Kier alpha value is -2.63. The predicted octanol–water partition coefficient (Wildman–Crippen LogP) is 1.50. The van der Waals surface area contributed by atoms with E-state index in [2.05, 4.69) is 11.3 Å². The maximum atomic E-state index is 11.8. The van der Waals surface area contributed by atoms with E-state index in [9.17, 15) is 14.4 Å². The van der Waals surface area contributed by atoms with Gasteiger partial charge in [-0.05, 0) is 12.1 Å². The summed E-state index contributed by atoms with van der Waals surface area (Å²) in [5.41, 5.74) is 0. The lowest BCUT2D eigenvalue weighted by Crippen LogP contribution is -2.27. The third kappa shape index (κ3) is 5.90. The minimum atomic E-state index is -0.921. The fraction of sp³-hybridized carbons (Fsp3) is 0.267. The largest absolute Gasteiger partial charge is 0.469 e. The molecule has 1 aromatic rings. The molecular weight excluding hydrogens is 276 g/mol. The van der Waals surface area contributed by atoms with Crippen LogP contribution in [0.3, 0.4) is 0 Å². The zero-order valence-electron chi connectivity index (χ0n) is 11.6. The molecule has 0 aliphatic carbocycles. The molecular formula is C15H16O6. The van der Waals surface area contributed by atoms with Crippen LogP contribution in [-0.4, -0.2) is 31.6 Å². The van der Waals surface area contributed by atoms with Crippen molar-refractivity contribution in [1.29, 1.82) is 0 Å². The number of para-hydroxylation sites is 1. The van der Waals surface area contributed by atoms with Crippen LogP contribution in [0.5, 0.6) is 5.75 Å². The van der Waals surface area contributed by atoms with Crippen molar-refractivity contribution in [2.75, 3.05) is 13.7 Å². The summed E-state index contributed by atoms with van der Waals surface area (Å²) in [6.07, 6.45) is 0.711. The van der Waals surface area contributed by atoms with Crippen LogP contribution in [0.4, 0.5) is 0 Å². The molecule has 0 bridgehead atoms. The number of hydrogen-bond donors (Lipinski definition) is 0. The lowest BCUT2D eigenvalue weighted by Gasteiger charge is -2.13. The van der Waals surface area contributed by atoms with Gasteiger partial charge < -0.3 is 14.2 Å². The number of carbonyl (C=O) groups excluding carboxylic acids is 3. The highest BCUT2D eigenvalue weighted by Gasteiger charge is 2.25. The molecule has 0 aliphatic heterocycles. The first kappa shape index (κ1) is 16.4. The highest BCUT2D eigenvalue weighted by molar-refractivity contribution is 5.83. The number of rotatable bonds is 7. The summed E-state index contributed by atoms with van der Waals surface area (Å²) >= 11 is 0. The molecule has 0 radical (unpaired) electrons. The van der Waals surface area contributed by atoms with Crippen molar-refractivity contribution in [2.45, 2.75) is 6.42 Å². The van der Waals surface area contributed by atoms with Gasteiger partial charge in [-0.15, -0.1) is 0 Å². The van der Waals surface area contributed by atoms with Crippen molar-refractivity contribution >= 4 is 17.9 Å². The van der Waals surface area contributed by atoms with Gasteiger partial charge in [0.15, 0.2) is 0 Å². The van der Waals surface area contributed by atoms with E-state index in [-0.39, 0.29) is 13.0 Å². The second kappa shape index (κ2) is 8.52. The van der Waals surface area contributed by atoms with Crippen molar-refractivity contribution < 1.29 is 28.6 Å². The van der Waals surface area contributed by atoms with Gasteiger partial charge in [0.05, 0.1) is 13.5 Å². The summed E-state index contributed by atoms with van der Waals surface area (Å²) in [5, 5.41) is 0. The number of ether oxygens (including phenoxy) is 3. The van der Waals surface area contributed by atoms with E-state index in [0.717, 1.165) is 6.08 Å². The molecule has 0 saturated carbocycles. The summed E-state index contributed by atoms with van der Waals surface area (Å²) in [6.45, 7) is 2.96. The minimum Gasteiger partial charge on any atom is -0.469 e. The monoisotopic (exact) mass is 292 g/mol. The molecule has 0 N–H and O–H groups in total. The molecule has 1 atom stereocenters. The van der Waals surface area contributed by atoms with Crippen LogP contribution in [0.15, 0.2) is 43.0 Å². The van der Waals surface area contributed by atoms with Crippen LogP contribution in [0, 0.1) is 5.92 Å². The second-order valence-electron chi connectivity index (χ2n) is 4.05. The second-order valence-corrected chi connectivity index (χ2v) is 4.05. The van der Waals surface area contributed by atoms with Crippen LogP contribution < -0.4 is 4.74 Å². The molecule has 0 aliphatic rings. The zero-order chi connectivity index (χ0) is 15.7. The van der Waals surface area contributed by atoms with Crippen molar-refractivity contribution in [3.63, 3.8) is 0 Å². The number of hydrogen-bond acceptors (Lipinski definition) is 6. The standard InChI is InChI=1S/C15H16O6/c1-3-13(16)20-10-11(15(18)19-2)9-14(17)21-12-7-5-4-6-8-12/h3-8,11H,1,9-10H2,2H3. The van der Waals surface area contributed by atoms with Crippen molar-refractivity contribution in [1.82, 2.24) is 0 Å². The number of benzene rings is 1. The van der Waals surface area contributed by atoms with E-state index in [1.54, 1.807) is 30.3 Å². The molecule has 0 amide bonds. The summed E-state index contributed by atoms with van der Waals surface area (Å²) in [5.74, 6) is -2.51. The first-order valence-electron chi connectivity index (χ1n) is 6.19. The first-order valence-corrected chi connectivity index (χ1v) is 6.19. The molecule has 0 fully saturated rings. The quantitative estimate of drug-likeness (QED) is 0.430. The van der Waals surface area contributed by atoms with Gasteiger partial charge in [-0.1, -0.05) is 24.8 Å². The van der Waals surface area contributed by atoms with Gasteiger partial charge in [-0.25, -0.2) is 4.79 Å². The fourth-order valence-corrected chi connectivity index (χ4v) is 1.48. The number of esters is 3. The molecule has 6 nitrogen and oxygen atoms in total. The van der Waals surface area contributed by atoms with Crippen LogP contribution in [0.2, 0.25) is 0 Å². The van der Waals surface area contributed by atoms with Gasteiger partial charge in [-0.2, -0.15) is 0 Å². The molecule has 21 heavy (non-hydrogen) atoms. The number of carbonyl (C=O) groups is 3. The summed E-state index contributed by atoms with van der Waals surface area (Å²) in [4.78, 5) is 34.3. The lowest BCUT2D eigenvalue weighted by molar-refractivity contribution is -0.155. The van der Waals surface area contributed by atoms with Crippen molar-refractivity contribution in [3.8, 4) is 5.75 Å². The normalized spacial score (nSPS) is 11.1. The van der Waals surface area contributed by atoms with Gasteiger partial charge in [0, 0.05) is 6.08 Å². The van der Waals surface area contributed by atoms with Crippen LogP contribution >= 0.6 is 0 Å². The Morgan fingerprint density at radius 2 is 1.90 bits per heavy atom. The van der Waals surface area contributed by atoms with Crippen molar-refractivity contribution in [2.24, 2.45) is 5.92 Å². The fourth-order valence-electron chi connectivity index (χ4n) is 1.48. The van der Waals surface area contributed by atoms with E-state index in [4.69, 9.17) is 9.47 Å². The zero-order valence-corrected chi connectivity index (χ0v) is 11.6. The SMILES string of the molecule is C=CC(=O)OCC(CC(=O)Oc1ccccc1)C(=O)OC. The molecule has 0 aromatic heterocycles. The Morgan fingerprint density at radius 1 is 1.24 bits per heavy atom. The van der Waals surface area contributed by atoms with Crippen LogP contribution in [0.1, 0.15) is 6.42 Å². The predicted molar refractivity (Wildman–Crippen MR) is 73.4 cm³/mol. The molecule has 1 unspecified atom stereocenters. The molecule has 0 saturated heterocycles. The van der Waals surface area contributed by atoms with Gasteiger partial charge in [0.2, 0.25) is 0 Å². The Labute approximate surface area is 122 Å². The summed E-state index contributed by atoms with van der Waals surface area (Å²) < 4.78 is 14.4. The van der Waals surface area contributed by atoms with Crippen molar-refractivity contribution in [3.05, 3.63) is 43.0 Å². The van der Waals surface area contributed by atoms with Gasteiger partial charge in [-0.3, -0.25) is 9.59 Å². The average molecular weight is 292 g/mol. The third-order valence-electron chi connectivity index (χ3n) is 2.52. The van der Waals surface area contributed by atoms with Crippen LogP contribution in [0.25, 0.3) is 0 Å². The average Bonchev–Trinajstić information content (AvgIpc) is 2.51. The topological polar surface area (TPSA) is 78.9 Å². The first-order chi connectivity index (χ1) is 10.1. The Kier molecular flexibility index (Phi) is 6.67. The maximum absolute atomic E-state index is 11.8. The summed E-state index contributed by atoms with van der Waals surface area (Å²) in [6, 6.07) is 8.44. The Morgan fingerprint density at radius 3 is 2.48 bits per heavy atom. The van der Waals surface area contributed by atoms with E-state index >= 15 is 0 Å². The van der Waals surface area contributed by atoms with Crippen LogP contribution in [-0.2, 0) is 23.9 Å². The maximum Gasteiger partial charge on any atom is 0.330 e. The van der Waals surface area contributed by atoms with Gasteiger partial charge in [0.25, 0.3) is 0 Å². The summed E-state index contributed by atoms with van der Waals surface area (Å²) in [7, 11) is 1.19. The number of methoxy groups -OCH3 is 1. The smallest absolute Gasteiger partial charge is 0.330 e. The minimum absolute atomic E-state index is 0.258. The van der Waals surface area contributed by atoms with E-state index in [1.807, 2.05) is 0 Å². The Bertz CT molecular complexity index is 508. The van der Waals surface area contributed by atoms with E-state index in [1.165, 1.54) is 7.11 Å². The van der Waals surface area contributed by atoms with Gasteiger partial charge >= 0.3 is 17.9 Å². The molecule has 0 heterocycles. The molecule has 1 rings (SSSR count). The van der Waals surface area contributed by atoms with E-state index in [0.29, 0.717) is 5.75 Å². The molecule has 6 heteroatoms. The highest BCUT2D eigenvalue weighted by atomic mass is 16.6. The molecule has 112 valence electrons. The van der Waals surface area contributed by atoms with Gasteiger partial charge in [0.1, 0.15) is 18.3 Å².